The lowest BCUT2D eigenvalue weighted by Gasteiger charge is -2.21. The monoisotopic (exact) mass is 420 g/mol. The van der Waals surface area contributed by atoms with Gasteiger partial charge in [0.1, 0.15) is 11.6 Å². The van der Waals surface area contributed by atoms with Gasteiger partial charge in [-0.1, -0.05) is 6.92 Å². The predicted octanol–water partition coefficient (Wildman–Crippen LogP) is 4.54. The van der Waals surface area contributed by atoms with E-state index in [1.54, 1.807) is 30.7 Å². The number of pyridine rings is 1. The van der Waals surface area contributed by atoms with Gasteiger partial charge in [0.2, 0.25) is 5.91 Å². The molecule has 0 bridgehead atoms. The van der Waals surface area contributed by atoms with Gasteiger partial charge in [-0.3, -0.25) is 14.8 Å². The smallest absolute Gasteiger partial charge is 0.228 e. The molecule has 31 heavy (non-hydrogen) atoms. The van der Waals surface area contributed by atoms with E-state index in [-0.39, 0.29) is 23.7 Å². The van der Waals surface area contributed by atoms with E-state index < -0.39 is 0 Å². The van der Waals surface area contributed by atoms with Crippen LogP contribution in [0.3, 0.4) is 0 Å². The molecule has 1 N–H and O–H groups in total. The highest BCUT2D eigenvalue weighted by Crippen LogP contribution is 2.62. The maximum Gasteiger partial charge on any atom is 0.228 e. The first-order valence-electron chi connectivity index (χ1n) is 10.8. The molecule has 0 aliphatic heterocycles. The second-order valence-electron chi connectivity index (χ2n) is 8.63. The van der Waals surface area contributed by atoms with Crippen LogP contribution in [0.5, 0.6) is 5.75 Å². The van der Waals surface area contributed by atoms with Crippen molar-refractivity contribution in [3.05, 3.63) is 54.4 Å². The Hall–Kier alpha value is -3.09. The zero-order valence-electron chi connectivity index (χ0n) is 17.6. The van der Waals surface area contributed by atoms with E-state index in [0.717, 1.165) is 30.5 Å². The molecule has 0 radical (unpaired) electrons. The number of aromatic nitrogens is 3. The summed E-state index contributed by atoms with van der Waals surface area (Å²) in [6.07, 6.45) is 7.66. The van der Waals surface area contributed by atoms with Crippen LogP contribution >= 0.6 is 0 Å². The summed E-state index contributed by atoms with van der Waals surface area (Å²) in [5.74, 6) is 2.24. The number of anilines is 1. The van der Waals surface area contributed by atoms with Gasteiger partial charge < -0.3 is 10.1 Å². The summed E-state index contributed by atoms with van der Waals surface area (Å²) < 4.78 is 19.9. The summed E-state index contributed by atoms with van der Waals surface area (Å²) in [5.41, 5.74) is 1.54. The summed E-state index contributed by atoms with van der Waals surface area (Å²) in [5, 5.41) is 3.62. The lowest BCUT2D eigenvalue weighted by Crippen LogP contribution is -2.27. The average Bonchev–Trinajstić information content (AvgIpc) is 3.23. The van der Waals surface area contributed by atoms with Gasteiger partial charge in [0.15, 0.2) is 5.82 Å². The van der Waals surface area contributed by atoms with Gasteiger partial charge in [0.25, 0.3) is 0 Å². The number of amides is 1. The van der Waals surface area contributed by atoms with Gasteiger partial charge in [-0.2, -0.15) is 0 Å². The topological polar surface area (TPSA) is 77.0 Å². The highest BCUT2D eigenvalue weighted by atomic mass is 19.1. The Labute approximate surface area is 180 Å². The van der Waals surface area contributed by atoms with Crippen molar-refractivity contribution in [3.63, 3.8) is 0 Å². The Morgan fingerprint density at radius 3 is 2.71 bits per heavy atom. The largest absolute Gasteiger partial charge is 0.490 e. The van der Waals surface area contributed by atoms with Gasteiger partial charge in [-0.15, -0.1) is 0 Å². The van der Waals surface area contributed by atoms with E-state index >= 15 is 0 Å². The summed E-state index contributed by atoms with van der Waals surface area (Å²) >= 11 is 0. The minimum Gasteiger partial charge on any atom is -0.490 e. The van der Waals surface area contributed by atoms with E-state index in [9.17, 15) is 9.18 Å². The molecule has 1 unspecified atom stereocenters. The Morgan fingerprint density at radius 1 is 1.19 bits per heavy atom. The molecule has 1 amide bonds. The maximum atomic E-state index is 13.7. The number of carbonyl (C=O) groups is 1. The Morgan fingerprint density at radius 2 is 2.00 bits per heavy atom. The summed E-state index contributed by atoms with van der Waals surface area (Å²) in [6, 6.07) is 6.35. The number of hydrogen-bond donors (Lipinski definition) is 1. The molecule has 3 aromatic rings. The van der Waals surface area contributed by atoms with Crippen molar-refractivity contribution in [1.82, 2.24) is 15.0 Å². The van der Waals surface area contributed by atoms with Crippen molar-refractivity contribution in [2.24, 2.45) is 23.7 Å². The molecule has 2 saturated carbocycles. The van der Waals surface area contributed by atoms with Gasteiger partial charge >= 0.3 is 0 Å². The van der Waals surface area contributed by atoms with E-state index in [4.69, 9.17) is 4.74 Å². The summed E-state index contributed by atoms with van der Waals surface area (Å²) in [4.78, 5) is 25.5. The first kappa shape index (κ1) is 19.8. The zero-order valence-corrected chi connectivity index (χ0v) is 17.6. The number of carbonyl (C=O) groups excluding carboxylic acids is 1. The number of hydrogen-bond acceptors (Lipinski definition) is 5. The molecule has 1 aromatic carbocycles. The van der Waals surface area contributed by atoms with Crippen molar-refractivity contribution in [3.8, 4) is 5.75 Å². The maximum absolute atomic E-state index is 13.7. The number of halogens is 1. The fourth-order valence-corrected chi connectivity index (χ4v) is 5.22. The minimum atomic E-state index is -0.297. The van der Waals surface area contributed by atoms with Crippen LogP contribution in [0.2, 0.25) is 0 Å². The number of aryl methyl sites for hydroxylation is 1. The molecule has 160 valence electrons. The molecule has 5 atom stereocenters. The highest BCUT2D eigenvalue weighted by Gasteiger charge is 2.60. The van der Waals surface area contributed by atoms with Crippen molar-refractivity contribution >= 4 is 22.6 Å². The molecule has 6 nitrogen and oxygen atoms in total. The summed E-state index contributed by atoms with van der Waals surface area (Å²) in [6.45, 7) is 3.92. The number of benzene rings is 1. The lowest BCUT2D eigenvalue weighted by atomic mass is 9.93. The van der Waals surface area contributed by atoms with Crippen molar-refractivity contribution in [2.75, 3.05) is 5.32 Å². The molecule has 7 heteroatoms. The second kappa shape index (κ2) is 7.87. The van der Waals surface area contributed by atoms with Gasteiger partial charge in [0, 0.05) is 17.5 Å². The van der Waals surface area contributed by atoms with E-state index in [1.165, 1.54) is 12.1 Å². The molecule has 2 heterocycles. The molecule has 5 rings (SSSR count). The van der Waals surface area contributed by atoms with Crippen LogP contribution in [-0.2, 0) is 4.79 Å². The standard InChI is InChI=1S/C24H25FN4O2/c1-3-16(24(30)29-22-12-27-13(2)11-28-22)23-17-9-15(10-18(17)23)31-21-6-7-26-20-5-4-14(25)8-19(20)21/h4-8,11-12,15-18,23H,3,9-10H2,1-2H3,(H,28,29,30)/t15-,16?,17+,18-,23-. The van der Waals surface area contributed by atoms with Crippen LogP contribution in [0.4, 0.5) is 10.2 Å². The van der Waals surface area contributed by atoms with Crippen LogP contribution in [0.1, 0.15) is 31.9 Å². The molecular weight excluding hydrogens is 395 g/mol. The highest BCUT2D eigenvalue weighted by molar-refractivity contribution is 5.92. The third kappa shape index (κ3) is 3.84. The zero-order chi connectivity index (χ0) is 21.5. The molecule has 0 saturated heterocycles. The first-order chi connectivity index (χ1) is 15.0. The van der Waals surface area contributed by atoms with Crippen LogP contribution < -0.4 is 10.1 Å². The quantitative estimate of drug-likeness (QED) is 0.634. The van der Waals surface area contributed by atoms with Gasteiger partial charge in [-0.25, -0.2) is 9.37 Å². The molecule has 2 aromatic heterocycles. The molecular formula is C24H25FN4O2. The van der Waals surface area contributed by atoms with Crippen molar-refractivity contribution in [2.45, 2.75) is 39.2 Å². The fourth-order valence-electron chi connectivity index (χ4n) is 5.22. The average molecular weight is 420 g/mol. The Kier molecular flexibility index (Phi) is 5.04. The van der Waals surface area contributed by atoms with Gasteiger partial charge in [0.05, 0.1) is 29.7 Å². The minimum absolute atomic E-state index is 0.0214. The number of ether oxygens (including phenoxy) is 1. The first-order valence-corrected chi connectivity index (χ1v) is 10.8. The number of nitrogens with one attached hydrogen (secondary N) is 1. The Balaban J connectivity index is 1.22. The van der Waals surface area contributed by atoms with E-state index in [2.05, 4.69) is 27.2 Å². The van der Waals surface area contributed by atoms with Crippen LogP contribution in [-0.4, -0.2) is 27.0 Å². The van der Waals surface area contributed by atoms with Crippen LogP contribution in [0.25, 0.3) is 10.9 Å². The fraction of sp³-hybridized carbons (Fsp3) is 0.417. The van der Waals surface area contributed by atoms with Crippen molar-refractivity contribution in [1.29, 1.82) is 0 Å². The molecule has 2 aliphatic carbocycles. The summed E-state index contributed by atoms with van der Waals surface area (Å²) in [7, 11) is 0. The number of rotatable bonds is 6. The molecule has 2 fully saturated rings. The third-order valence-electron chi connectivity index (χ3n) is 6.70. The predicted molar refractivity (Wildman–Crippen MR) is 115 cm³/mol. The Bertz CT molecular complexity index is 1110. The number of nitrogens with zero attached hydrogens (tertiary/aromatic N) is 3. The van der Waals surface area contributed by atoms with E-state index in [1.807, 2.05) is 6.92 Å². The number of fused-ring (bicyclic) bond motifs is 2. The van der Waals surface area contributed by atoms with Gasteiger partial charge in [-0.05, 0) is 68.2 Å². The SMILES string of the molecule is CCC(C(=O)Nc1cnc(C)cn1)[C@H]1[C@@H]2C[C@H](Oc3ccnc4ccc(F)cc34)C[C@@H]21. The van der Waals surface area contributed by atoms with E-state index in [0.29, 0.717) is 34.7 Å². The normalized spacial score (nSPS) is 25.1. The molecule has 2 aliphatic rings. The molecule has 0 spiro atoms. The van der Waals surface area contributed by atoms with Crippen molar-refractivity contribution < 1.29 is 13.9 Å². The third-order valence-corrected chi connectivity index (χ3v) is 6.70. The second-order valence-corrected chi connectivity index (χ2v) is 8.63. The van der Waals surface area contributed by atoms with Crippen LogP contribution in [0, 0.1) is 36.4 Å². The lowest BCUT2D eigenvalue weighted by molar-refractivity contribution is -0.121. The van der Waals surface area contributed by atoms with Crippen LogP contribution in [0.15, 0.2) is 42.9 Å².